The van der Waals surface area contributed by atoms with E-state index in [9.17, 15) is 27.9 Å². The first kappa shape index (κ1) is 29.0. The van der Waals surface area contributed by atoms with Gasteiger partial charge in [-0.3, -0.25) is 0 Å². The van der Waals surface area contributed by atoms with E-state index in [-0.39, 0.29) is 11.5 Å². The van der Waals surface area contributed by atoms with E-state index in [0.717, 1.165) is 61.5 Å². The van der Waals surface area contributed by atoms with E-state index in [1.165, 1.54) is 6.92 Å². The van der Waals surface area contributed by atoms with Gasteiger partial charge in [-0.15, -0.1) is 0 Å². The fraction of sp³-hybridized carbons (Fsp3) is 0.739. The first-order valence-corrected chi connectivity index (χ1v) is 19.0. The average molecular weight is 569 g/mol. The van der Waals surface area contributed by atoms with Crippen LogP contribution in [0, 0.1) is 0 Å². The van der Waals surface area contributed by atoms with E-state index in [1.807, 2.05) is 0 Å². The van der Waals surface area contributed by atoms with Crippen molar-refractivity contribution in [2.45, 2.75) is 97.9 Å². The third-order valence-electron chi connectivity index (χ3n) is 5.89. The van der Waals surface area contributed by atoms with Crippen LogP contribution in [0.2, 0.25) is 13.3 Å². The maximum absolute atomic E-state index is 12.9. The molecule has 1 aliphatic rings. The first-order valence-electron chi connectivity index (χ1n) is 11.5. The molecule has 0 fully saturated rings. The number of hydrogen-bond donors (Lipinski definition) is 1. The van der Waals surface area contributed by atoms with Crippen molar-refractivity contribution >= 4 is 30.3 Å². The molecule has 5 nitrogen and oxygen atoms in total. The molecule has 1 heterocycles. The number of cyclic esters (lactones) is 1. The zero-order valence-electron chi connectivity index (χ0n) is 19.6. The predicted molar refractivity (Wildman–Crippen MR) is 120 cm³/mol. The minimum atomic E-state index is -4.62. The molecule has 0 bridgehead atoms. The van der Waals surface area contributed by atoms with E-state index in [1.54, 1.807) is 6.08 Å². The van der Waals surface area contributed by atoms with Gasteiger partial charge >= 0.3 is 193 Å². The molecule has 0 amide bonds. The van der Waals surface area contributed by atoms with Gasteiger partial charge in [0.05, 0.1) is 0 Å². The number of ether oxygens (including phenoxy) is 2. The van der Waals surface area contributed by atoms with Crippen LogP contribution in [-0.2, 0) is 19.1 Å². The molecule has 32 heavy (non-hydrogen) atoms. The fourth-order valence-electron chi connectivity index (χ4n) is 4.05. The van der Waals surface area contributed by atoms with Crippen LogP contribution in [0.5, 0.6) is 0 Å². The molecular weight excluding hydrogens is 532 g/mol. The van der Waals surface area contributed by atoms with Crippen LogP contribution < -0.4 is 0 Å². The summed E-state index contributed by atoms with van der Waals surface area (Å²) in [6.45, 7) is 6.11. The summed E-state index contributed by atoms with van der Waals surface area (Å²) in [5, 5.41) is 10.6. The topological polar surface area (TPSA) is 72.8 Å². The van der Waals surface area contributed by atoms with Gasteiger partial charge in [-0.2, -0.15) is 0 Å². The summed E-state index contributed by atoms with van der Waals surface area (Å²) in [5.74, 6) is -1.57. The number of unbranched alkanes of at least 4 members (excludes halogenated alkanes) is 3. The summed E-state index contributed by atoms with van der Waals surface area (Å²) in [4.78, 5) is 24.5. The van der Waals surface area contributed by atoms with Crippen LogP contribution in [0.4, 0.5) is 13.2 Å². The van der Waals surface area contributed by atoms with Crippen molar-refractivity contribution in [1.82, 2.24) is 0 Å². The molecule has 0 aliphatic carbocycles. The molecule has 2 atom stereocenters. The van der Waals surface area contributed by atoms with Crippen LogP contribution in [-0.4, -0.2) is 60.4 Å². The molecule has 0 saturated heterocycles. The van der Waals surface area contributed by atoms with Crippen molar-refractivity contribution in [3.63, 3.8) is 0 Å². The van der Waals surface area contributed by atoms with E-state index < -0.39 is 49.3 Å². The SMILES string of the molecule is CCC[CH2][Sn]([CH2]CCC)([CH2]CCC)[C]1=C[C@@H]([C@@H](O)/C(C)=C/C(=O)OCC(F)(F)F)OC1=O. The zero-order chi connectivity index (χ0) is 24.4. The first-order chi connectivity index (χ1) is 15.0. The summed E-state index contributed by atoms with van der Waals surface area (Å²) in [5.41, 5.74) is 0.0870. The van der Waals surface area contributed by atoms with Crippen molar-refractivity contribution < 1.29 is 37.3 Å². The third kappa shape index (κ3) is 9.08. The molecule has 0 aromatic heterocycles. The molecule has 0 aromatic carbocycles. The molecule has 0 saturated carbocycles. The molecule has 0 aromatic rings. The van der Waals surface area contributed by atoms with Gasteiger partial charge in [0.1, 0.15) is 0 Å². The summed E-state index contributed by atoms with van der Waals surface area (Å²) >= 11 is -3.07. The predicted octanol–water partition coefficient (Wildman–Crippen LogP) is 5.64. The normalized spacial score (nSPS) is 18.4. The fourth-order valence-corrected chi connectivity index (χ4v) is 20.2. The van der Waals surface area contributed by atoms with Gasteiger partial charge in [-0.05, 0) is 0 Å². The Morgan fingerprint density at radius 1 is 1.16 bits per heavy atom. The second kappa shape index (κ2) is 13.6. The average Bonchev–Trinajstić information content (AvgIpc) is 3.13. The monoisotopic (exact) mass is 570 g/mol. The van der Waals surface area contributed by atoms with Gasteiger partial charge in [0.15, 0.2) is 0 Å². The summed E-state index contributed by atoms with van der Waals surface area (Å²) in [7, 11) is 0. The number of alkyl halides is 3. The Kier molecular flexibility index (Phi) is 12.3. The van der Waals surface area contributed by atoms with Crippen LogP contribution >= 0.6 is 0 Å². The number of carbonyl (C=O) groups is 2. The molecular formula is C23H37F3O5Sn. The Labute approximate surface area is 193 Å². The summed E-state index contributed by atoms with van der Waals surface area (Å²) in [6, 6.07) is 0. The van der Waals surface area contributed by atoms with Gasteiger partial charge in [0.2, 0.25) is 0 Å². The Bertz CT molecular complexity index is 666. The van der Waals surface area contributed by atoms with E-state index >= 15 is 0 Å². The molecule has 0 unspecified atom stereocenters. The molecule has 9 heteroatoms. The molecule has 1 N–H and O–H groups in total. The van der Waals surface area contributed by atoms with Crippen molar-refractivity contribution in [2.75, 3.05) is 6.61 Å². The molecule has 0 radical (unpaired) electrons. The molecule has 1 aliphatic heterocycles. The molecule has 1 rings (SSSR count). The number of aliphatic hydroxyl groups is 1. The van der Waals surface area contributed by atoms with Crippen LogP contribution in [0.15, 0.2) is 21.3 Å². The minimum absolute atomic E-state index is 0.0870. The second-order valence-electron chi connectivity index (χ2n) is 8.60. The van der Waals surface area contributed by atoms with Crippen molar-refractivity contribution in [3.05, 3.63) is 21.3 Å². The third-order valence-corrected chi connectivity index (χ3v) is 21.4. The number of hydrogen-bond acceptors (Lipinski definition) is 5. The zero-order valence-corrected chi connectivity index (χ0v) is 22.4. The summed E-state index contributed by atoms with van der Waals surface area (Å²) < 4.78 is 50.3. The van der Waals surface area contributed by atoms with Gasteiger partial charge < -0.3 is 0 Å². The van der Waals surface area contributed by atoms with Crippen LogP contribution in [0.3, 0.4) is 0 Å². The van der Waals surface area contributed by atoms with Gasteiger partial charge in [-0.1, -0.05) is 0 Å². The van der Waals surface area contributed by atoms with Crippen molar-refractivity contribution in [3.8, 4) is 0 Å². The van der Waals surface area contributed by atoms with E-state index in [4.69, 9.17) is 4.74 Å². The second-order valence-corrected chi connectivity index (χ2v) is 21.7. The molecule has 0 spiro atoms. The maximum atomic E-state index is 12.9. The number of carbonyl (C=O) groups excluding carboxylic acids is 2. The Balaban J connectivity index is 3.09. The van der Waals surface area contributed by atoms with Crippen molar-refractivity contribution in [1.29, 1.82) is 0 Å². The Hall–Kier alpha value is -1.03. The van der Waals surface area contributed by atoms with E-state index in [2.05, 4.69) is 25.5 Å². The Morgan fingerprint density at radius 2 is 1.66 bits per heavy atom. The number of halogens is 3. The number of rotatable bonds is 14. The van der Waals surface area contributed by atoms with Gasteiger partial charge in [-0.25, -0.2) is 0 Å². The number of aliphatic hydroxyl groups excluding tert-OH is 1. The standard InChI is InChI=1S/C11H10F3O5.3C4H9.Sn/c1-6(4-9(16)18-5-11(12,13)14)10(17)7-2-3-8(15)19-7;3*1-3-4-2;/h2,4,7,10,17H,5H2,1H3;3*1,3-4H2,2H3;/b6-4+;;;;/t7-,10-;;;;/m0..../s1. The van der Waals surface area contributed by atoms with Crippen LogP contribution in [0.1, 0.15) is 66.2 Å². The van der Waals surface area contributed by atoms with Gasteiger partial charge in [0.25, 0.3) is 0 Å². The Morgan fingerprint density at radius 3 is 2.09 bits per heavy atom. The quantitative estimate of drug-likeness (QED) is 0.167. The summed E-state index contributed by atoms with van der Waals surface area (Å²) in [6.07, 6.45) is 2.00. The molecule has 184 valence electrons. The van der Waals surface area contributed by atoms with Crippen LogP contribution in [0.25, 0.3) is 0 Å². The van der Waals surface area contributed by atoms with Crippen molar-refractivity contribution in [2.24, 2.45) is 0 Å². The number of esters is 2. The van der Waals surface area contributed by atoms with Gasteiger partial charge in [0, 0.05) is 0 Å². The van der Waals surface area contributed by atoms with E-state index in [0.29, 0.717) is 0 Å².